The van der Waals surface area contributed by atoms with Crippen LogP contribution in [0.5, 0.6) is 0 Å². The van der Waals surface area contributed by atoms with Crippen LogP contribution in [0.3, 0.4) is 0 Å². The first kappa shape index (κ1) is 13.8. The molecule has 1 N–H and O–H groups in total. The van der Waals surface area contributed by atoms with Gasteiger partial charge in [0.2, 0.25) is 0 Å². The molecule has 1 nitrogen and oxygen atoms in total. The first-order valence-corrected chi connectivity index (χ1v) is 7.15. The molecule has 0 bridgehead atoms. The van der Waals surface area contributed by atoms with Gasteiger partial charge in [0.05, 0.1) is 0 Å². The highest BCUT2D eigenvalue weighted by molar-refractivity contribution is 9.11. The van der Waals surface area contributed by atoms with Crippen molar-refractivity contribution in [1.82, 2.24) is 0 Å². The molecule has 5 heteroatoms. The average Bonchev–Trinajstić information content (AvgIpc) is 2.30. The summed E-state index contributed by atoms with van der Waals surface area (Å²) in [7, 11) is 0. The molecule has 94 valence electrons. The highest BCUT2D eigenvalue weighted by atomic mass is 79.9. The van der Waals surface area contributed by atoms with Gasteiger partial charge in [-0.1, -0.05) is 33.6 Å². The van der Waals surface area contributed by atoms with Crippen LogP contribution in [0.1, 0.15) is 5.56 Å². The Morgan fingerprint density at radius 1 is 1.06 bits per heavy atom. The monoisotopic (exact) mass is 391 g/mol. The molecule has 2 aromatic carbocycles. The fraction of sp³-hybridized carbons (Fsp3) is 0.0769. The summed E-state index contributed by atoms with van der Waals surface area (Å²) < 4.78 is 14.6. The van der Waals surface area contributed by atoms with Crippen molar-refractivity contribution >= 4 is 49.1 Å². The number of anilines is 1. The highest BCUT2D eigenvalue weighted by Gasteiger charge is 2.04. The lowest BCUT2D eigenvalue weighted by Gasteiger charge is -2.10. The van der Waals surface area contributed by atoms with Gasteiger partial charge in [0.1, 0.15) is 5.82 Å². The largest absolute Gasteiger partial charge is 0.380 e. The highest BCUT2D eigenvalue weighted by Crippen LogP contribution is 2.27. The Morgan fingerprint density at radius 3 is 2.50 bits per heavy atom. The summed E-state index contributed by atoms with van der Waals surface area (Å²) in [6, 6.07) is 10.2. The molecule has 18 heavy (non-hydrogen) atoms. The van der Waals surface area contributed by atoms with Crippen molar-refractivity contribution in [2.75, 3.05) is 5.32 Å². The molecule has 0 fully saturated rings. The van der Waals surface area contributed by atoms with Gasteiger partial charge in [-0.25, -0.2) is 4.39 Å². The summed E-state index contributed by atoms with van der Waals surface area (Å²) in [4.78, 5) is 0. The van der Waals surface area contributed by atoms with Crippen LogP contribution in [0, 0.1) is 5.82 Å². The van der Waals surface area contributed by atoms with Crippen molar-refractivity contribution in [3.05, 3.63) is 61.7 Å². The van der Waals surface area contributed by atoms with E-state index in [1.54, 1.807) is 6.07 Å². The first-order valence-electron chi connectivity index (χ1n) is 5.19. The summed E-state index contributed by atoms with van der Waals surface area (Å²) >= 11 is 12.6. The van der Waals surface area contributed by atoms with E-state index in [0.29, 0.717) is 11.6 Å². The van der Waals surface area contributed by atoms with Crippen molar-refractivity contribution in [1.29, 1.82) is 0 Å². The van der Waals surface area contributed by atoms with Gasteiger partial charge in [-0.3, -0.25) is 0 Å². The topological polar surface area (TPSA) is 12.0 Å². The van der Waals surface area contributed by atoms with Crippen molar-refractivity contribution in [2.24, 2.45) is 0 Å². The van der Waals surface area contributed by atoms with Crippen LogP contribution in [0.15, 0.2) is 45.3 Å². The van der Waals surface area contributed by atoms with E-state index < -0.39 is 0 Å². The molecule has 2 aromatic rings. The second-order valence-electron chi connectivity index (χ2n) is 3.71. The fourth-order valence-electron chi connectivity index (χ4n) is 1.49. The predicted molar refractivity (Wildman–Crippen MR) is 80.6 cm³/mol. The maximum atomic E-state index is 12.9. The van der Waals surface area contributed by atoms with Crippen LogP contribution in [0.25, 0.3) is 0 Å². The Kier molecular flexibility index (Phi) is 4.65. The molecule has 0 aromatic heterocycles. The molecule has 0 saturated carbocycles. The van der Waals surface area contributed by atoms with Gasteiger partial charge in [-0.05, 0) is 51.8 Å². The maximum absolute atomic E-state index is 12.9. The van der Waals surface area contributed by atoms with Gasteiger partial charge in [0.25, 0.3) is 0 Å². The minimum atomic E-state index is -0.252. The van der Waals surface area contributed by atoms with Gasteiger partial charge >= 0.3 is 0 Å². The molecular weight excluding hydrogens is 384 g/mol. The second kappa shape index (κ2) is 6.04. The number of nitrogens with one attached hydrogen (secondary N) is 1. The lowest BCUT2D eigenvalue weighted by molar-refractivity contribution is 0.626. The molecule has 0 unspecified atom stereocenters. The molecule has 0 radical (unpaired) electrons. The molecule has 0 heterocycles. The van der Waals surface area contributed by atoms with Crippen LogP contribution in [-0.2, 0) is 6.54 Å². The molecule has 0 atom stereocenters. The van der Waals surface area contributed by atoms with Crippen molar-refractivity contribution in [3.8, 4) is 0 Å². The Bertz CT molecular complexity index is 523. The Balaban J connectivity index is 2.11. The molecule has 0 aliphatic carbocycles. The maximum Gasteiger partial charge on any atom is 0.124 e. The van der Waals surface area contributed by atoms with Gasteiger partial charge in [0, 0.05) is 26.2 Å². The minimum Gasteiger partial charge on any atom is -0.380 e. The quantitative estimate of drug-likeness (QED) is 0.714. The Labute approximate surface area is 127 Å². The van der Waals surface area contributed by atoms with Crippen molar-refractivity contribution in [2.45, 2.75) is 6.54 Å². The zero-order chi connectivity index (χ0) is 13.1. The summed E-state index contributed by atoms with van der Waals surface area (Å²) in [5.74, 6) is -0.252. The third-order valence-corrected chi connectivity index (χ3v) is 4.04. The SMILES string of the molecule is Fc1ccc(CNc2ccc(Cl)cc2Br)c(Br)c1. The molecule has 2 rings (SSSR count). The van der Waals surface area contributed by atoms with Crippen molar-refractivity contribution in [3.63, 3.8) is 0 Å². The van der Waals surface area contributed by atoms with E-state index in [1.807, 2.05) is 18.2 Å². The van der Waals surface area contributed by atoms with Gasteiger partial charge in [0.15, 0.2) is 0 Å². The summed E-state index contributed by atoms with van der Waals surface area (Å²) in [5, 5.41) is 3.94. The van der Waals surface area contributed by atoms with E-state index in [4.69, 9.17) is 11.6 Å². The normalized spacial score (nSPS) is 10.4. The predicted octanol–water partition coefficient (Wildman–Crippen LogP) is 5.62. The summed E-state index contributed by atoms with van der Waals surface area (Å²) in [6.07, 6.45) is 0. The van der Waals surface area contributed by atoms with E-state index in [-0.39, 0.29) is 5.82 Å². The van der Waals surface area contributed by atoms with Gasteiger partial charge in [-0.2, -0.15) is 0 Å². The van der Waals surface area contributed by atoms with E-state index in [2.05, 4.69) is 37.2 Å². The minimum absolute atomic E-state index is 0.252. The average molecular weight is 393 g/mol. The van der Waals surface area contributed by atoms with E-state index in [0.717, 1.165) is 20.2 Å². The zero-order valence-corrected chi connectivity index (χ0v) is 13.1. The van der Waals surface area contributed by atoms with E-state index in [9.17, 15) is 4.39 Å². The van der Waals surface area contributed by atoms with E-state index >= 15 is 0 Å². The van der Waals surface area contributed by atoms with Crippen LogP contribution in [0.4, 0.5) is 10.1 Å². The Hall–Kier alpha value is -0.580. The van der Waals surface area contributed by atoms with Crippen LogP contribution >= 0.6 is 43.5 Å². The molecule has 0 spiro atoms. The van der Waals surface area contributed by atoms with Crippen LogP contribution in [0.2, 0.25) is 5.02 Å². The number of hydrogen-bond acceptors (Lipinski definition) is 1. The molecular formula is C13H9Br2ClFN. The zero-order valence-electron chi connectivity index (χ0n) is 9.18. The van der Waals surface area contributed by atoms with Gasteiger partial charge in [-0.15, -0.1) is 0 Å². The molecule has 0 saturated heterocycles. The molecule has 0 amide bonds. The first-order chi connectivity index (χ1) is 8.56. The summed E-state index contributed by atoms with van der Waals surface area (Å²) in [6.45, 7) is 0.598. The molecule has 0 aliphatic heterocycles. The number of rotatable bonds is 3. The Morgan fingerprint density at radius 2 is 1.83 bits per heavy atom. The number of benzene rings is 2. The lowest BCUT2D eigenvalue weighted by atomic mass is 10.2. The van der Waals surface area contributed by atoms with E-state index in [1.165, 1.54) is 12.1 Å². The number of hydrogen-bond donors (Lipinski definition) is 1. The lowest BCUT2D eigenvalue weighted by Crippen LogP contribution is -2.01. The second-order valence-corrected chi connectivity index (χ2v) is 5.86. The smallest absolute Gasteiger partial charge is 0.124 e. The standard InChI is InChI=1S/C13H9Br2ClFN/c14-11-6-10(17)3-1-8(11)7-18-13-4-2-9(16)5-12(13)15/h1-6,18H,7H2. The number of halogens is 4. The summed E-state index contributed by atoms with van der Waals surface area (Å²) in [5.41, 5.74) is 1.92. The van der Waals surface area contributed by atoms with Gasteiger partial charge < -0.3 is 5.32 Å². The third-order valence-electron chi connectivity index (χ3n) is 2.42. The molecule has 0 aliphatic rings. The van der Waals surface area contributed by atoms with Crippen LogP contribution < -0.4 is 5.32 Å². The fourth-order valence-corrected chi connectivity index (χ4v) is 2.80. The van der Waals surface area contributed by atoms with Crippen LogP contribution in [-0.4, -0.2) is 0 Å². The van der Waals surface area contributed by atoms with Crippen molar-refractivity contribution < 1.29 is 4.39 Å². The third kappa shape index (κ3) is 3.46.